The SMILES string of the molecule is CCCOc1ccc(C(C)NC(=O)C2(C#N)CCCC2)cc1OCCC. The molecule has 0 aliphatic heterocycles. The van der Waals surface area contributed by atoms with E-state index in [2.05, 4.69) is 25.2 Å². The third kappa shape index (κ3) is 4.69. The van der Waals surface area contributed by atoms with Crippen molar-refractivity contribution in [3.63, 3.8) is 0 Å². The van der Waals surface area contributed by atoms with Gasteiger partial charge in [-0.15, -0.1) is 0 Å². The standard InChI is InChI=1S/C21H30N2O3/c1-4-12-25-18-9-8-17(14-19(18)26-13-5-2)16(3)23-20(24)21(15-22)10-6-7-11-21/h8-9,14,16H,4-7,10-13H2,1-3H3,(H,23,24). The van der Waals surface area contributed by atoms with E-state index in [0.29, 0.717) is 31.8 Å². The minimum Gasteiger partial charge on any atom is -0.490 e. The average Bonchev–Trinajstić information content (AvgIpc) is 3.15. The van der Waals surface area contributed by atoms with E-state index in [-0.39, 0.29) is 11.9 Å². The molecule has 2 rings (SSSR count). The van der Waals surface area contributed by atoms with Crippen molar-refractivity contribution < 1.29 is 14.3 Å². The molecule has 1 atom stereocenters. The Morgan fingerprint density at radius 3 is 2.38 bits per heavy atom. The molecular formula is C21H30N2O3. The summed E-state index contributed by atoms with van der Waals surface area (Å²) in [5.41, 5.74) is 0.0827. The predicted molar refractivity (Wildman–Crippen MR) is 101 cm³/mol. The molecule has 5 nitrogen and oxygen atoms in total. The van der Waals surface area contributed by atoms with E-state index in [1.165, 1.54) is 0 Å². The monoisotopic (exact) mass is 358 g/mol. The molecule has 1 unspecified atom stereocenters. The van der Waals surface area contributed by atoms with E-state index in [0.717, 1.165) is 37.0 Å². The van der Waals surface area contributed by atoms with Gasteiger partial charge in [-0.05, 0) is 50.3 Å². The van der Waals surface area contributed by atoms with Gasteiger partial charge in [0.2, 0.25) is 5.91 Å². The minimum atomic E-state index is -0.861. The van der Waals surface area contributed by atoms with E-state index in [9.17, 15) is 10.1 Å². The highest BCUT2D eigenvalue weighted by Gasteiger charge is 2.41. The molecule has 1 aliphatic carbocycles. The first kappa shape index (κ1) is 20.1. The van der Waals surface area contributed by atoms with Gasteiger partial charge in [0.1, 0.15) is 5.41 Å². The number of nitrogens with zero attached hydrogens (tertiary/aromatic N) is 1. The summed E-state index contributed by atoms with van der Waals surface area (Å²) >= 11 is 0. The van der Waals surface area contributed by atoms with Gasteiger partial charge in [0.25, 0.3) is 0 Å². The van der Waals surface area contributed by atoms with Crippen LogP contribution in [-0.4, -0.2) is 19.1 Å². The maximum absolute atomic E-state index is 12.7. The van der Waals surface area contributed by atoms with Crippen LogP contribution in [0.25, 0.3) is 0 Å². The highest BCUT2D eigenvalue weighted by atomic mass is 16.5. The average molecular weight is 358 g/mol. The van der Waals surface area contributed by atoms with Crippen LogP contribution in [0.2, 0.25) is 0 Å². The fraction of sp³-hybridized carbons (Fsp3) is 0.619. The molecule has 142 valence electrons. The Balaban J connectivity index is 2.13. The predicted octanol–water partition coefficient (Wildman–Crippen LogP) is 4.53. The molecule has 1 aromatic rings. The second-order valence-corrected chi connectivity index (χ2v) is 7.00. The van der Waals surface area contributed by atoms with Crippen molar-refractivity contribution in [3.8, 4) is 17.6 Å². The van der Waals surface area contributed by atoms with E-state index in [1.807, 2.05) is 25.1 Å². The summed E-state index contributed by atoms with van der Waals surface area (Å²) in [4.78, 5) is 12.7. The Morgan fingerprint density at radius 1 is 1.19 bits per heavy atom. The van der Waals surface area contributed by atoms with E-state index in [4.69, 9.17) is 9.47 Å². The zero-order chi connectivity index (χ0) is 19.0. The number of carbonyl (C=O) groups excluding carboxylic acids is 1. The smallest absolute Gasteiger partial charge is 0.240 e. The molecule has 1 fully saturated rings. The zero-order valence-electron chi connectivity index (χ0n) is 16.1. The first-order valence-corrected chi connectivity index (χ1v) is 9.68. The maximum atomic E-state index is 12.7. The maximum Gasteiger partial charge on any atom is 0.240 e. The molecule has 1 aromatic carbocycles. The van der Waals surface area contributed by atoms with Gasteiger partial charge < -0.3 is 14.8 Å². The molecule has 0 bridgehead atoms. The molecule has 1 saturated carbocycles. The number of amides is 1. The van der Waals surface area contributed by atoms with Gasteiger partial charge in [-0.1, -0.05) is 32.8 Å². The van der Waals surface area contributed by atoms with Crippen molar-refractivity contribution in [2.24, 2.45) is 5.41 Å². The molecule has 1 aliphatic rings. The van der Waals surface area contributed by atoms with Gasteiger partial charge in [0.05, 0.1) is 25.3 Å². The molecule has 0 aromatic heterocycles. The fourth-order valence-corrected chi connectivity index (χ4v) is 3.24. The summed E-state index contributed by atoms with van der Waals surface area (Å²) in [5.74, 6) is 1.27. The lowest BCUT2D eigenvalue weighted by Gasteiger charge is -2.23. The van der Waals surface area contributed by atoms with Crippen molar-refractivity contribution in [1.29, 1.82) is 5.26 Å². The summed E-state index contributed by atoms with van der Waals surface area (Å²) in [5, 5.41) is 12.5. The van der Waals surface area contributed by atoms with Crippen LogP contribution in [0.5, 0.6) is 11.5 Å². The van der Waals surface area contributed by atoms with Crippen molar-refractivity contribution in [2.45, 2.75) is 65.3 Å². The number of rotatable bonds is 9. The second kappa shape index (κ2) is 9.47. The minimum absolute atomic E-state index is 0.160. The molecule has 0 spiro atoms. The van der Waals surface area contributed by atoms with Crippen LogP contribution in [-0.2, 0) is 4.79 Å². The third-order valence-corrected chi connectivity index (χ3v) is 4.84. The lowest BCUT2D eigenvalue weighted by atomic mass is 9.86. The van der Waals surface area contributed by atoms with Gasteiger partial charge in [0, 0.05) is 0 Å². The van der Waals surface area contributed by atoms with Gasteiger partial charge >= 0.3 is 0 Å². The molecule has 26 heavy (non-hydrogen) atoms. The van der Waals surface area contributed by atoms with Crippen LogP contribution < -0.4 is 14.8 Å². The van der Waals surface area contributed by atoms with Crippen molar-refractivity contribution in [1.82, 2.24) is 5.32 Å². The summed E-state index contributed by atoms with van der Waals surface area (Å²) in [7, 11) is 0. The van der Waals surface area contributed by atoms with Crippen molar-refractivity contribution >= 4 is 5.91 Å². The zero-order valence-corrected chi connectivity index (χ0v) is 16.1. The summed E-state index contributed by atoms with van der Waals surface area (Å²) in [6.07, 6.45) is 5.02. The Bertz CT molecular complexity index is 645. The first-order chi connectivity index (χ1) is 12.6. The lowest BCUT2D eigenvalue weighted by molar-refractivity contribution is -0.128. The molecule has 5 heteroatoms. The topological polar surface area (TPSA) is 71.3 Å². The lowest BCUT2D eigenvalue weighted by Crippen LogP contribution is -2.39. The summed E-state index contributed by atoms with van der Waals surface area (Å²) in [6, 6.07) is 7.83. The number of carbonyl (C=O) groups is 1. The van der Waals surface area contributed by atoms with Crippen LogP contribution >= 0.6 is 0 Å². The molecule has 0 heterocycles. The summed E-state index contributed by atoms with van der Waals surface area (Å²) in [6.45, 7) is 7.31. The van der Waals surface area contributed by atoms with Crippen LogP contribution in [0.15, 0.2) is 18.2 Å². The number of ether oxygens (including phenoxy) is 2. The molecule has 1 amide bonds. The Hall–Kier alpha value is -2.22. The normalized spacial score (nSPS) is 16.5. The third-order valence-electron chi connectivity index (χ3n) is 4.84. The highest BCUT2D eigenvalue weighted by molar-refractivity contribution is 5.86. The van der Waals surface area contributed by atoms with Gasteiger partial charge in [-0.2, -0.15) is 5.26 Å². The van der Waals surface area contributed by atoms with Crippen LogP contribution in [0.3, 0.4) is 0 Å². The van der Waals surface area contributed by atoms with E-state index >= 15 is 0 Å². The van der Waals surface area contributed by atoms with Crippen LogP contribution in [0.1, 0.15) is 70.9 Å². The number of benzene rings is 1. The van der Waals surface area contributed by atoms with Crippen LogP contribution in [0.4, 0.5) is 0 Å². The van der Waals surface area contributed by atoms with Crippen molar-refractivity contribution in [3.05, 3.63) is 23.8 Å². The molecule has 1 N–H and O–H groups in total. The van der Waals surface area contributed by atoms with E-state index < -0.39 is 5.41 Å². The largest absolute Gasteiger partial charge is 0.490 e. The number of hydrogen-bond donors (Lipinski definition) is 1. The Kier molecular flexibility index (Phi) is 7.32. The summed E-state index contributed by atoms with van der Waals surface area (Å²) < 4.78 is 11.6. The Morgan fingerprint density at radius 2 is 1.81 bits per heavy atom. The van der Waals surface area contributed by atoms with Gasteiger partial charge in [-0.3, -0.25) is 4.79 Å². The van der Waals surface area contributed by atoms with Crippen LogP contribution in [0, 0.1) is 16.7 Å². The molecular weight excluding hydrogens is 328 g/mol. The molecule has 0 saturated heterocycles. The van der Waals surface area contributed by atoms with Gasteiger partial charge in [-0.25, -0.2) is 0 Å². The number of nitriles is 1. The Labute approximate surface area is 156 Å². The fourth-order valence-electron chi connectivity index (χ4n) is 3.24. The van der Waals surface area contributed by atoms with Gasteiger partial charge in [0.15, 0.2) is 11.5 Å². The molecule has 0 radical (unpaired) electrons. The quantitative estimate of drug-likeness (QED) is 0.704. The first-order valence-electron chi connectivity index (χ1n) is 9.68. The highest BCUT2D eigenvalue weighted by Crippen LogP contribution is 2.38. The van der Waals surface area contributed by atoms with Crippen molar-refractivity contribution in [2.75, 3.05) is 13.2 Å². The second-order valence-electron chi connectivity index (χ2n) is 7.00. The van der Waals surface area contributed by atoms with E-state index in [1.54, 1.807) is 0 Å². The number of hydrogen-bond acceptors (Lipinski definition) is 4. The number of nitrogens with one attached hydrogen (secondary N) is 1.